The van der Waals surface area contributed by atoms with Crippen LogP contribution in [0.1, 0.15) is 35.8 Å². The number of carbonyl (C=O) groups excluding carboxylic acids is 1. The molecule has 0 saturated heterocycles. The first kappa shape index (κ1) is 23.9. The lowest BCUT2D eigenvalue weighted by molar-refractivity contribution is 0.104. The van der Waals surface area contributed by atoms with Gasteiger partial charge in [0.25, 0.3) is 10.0 Å². The van der Waals surface area contributed by atoms with E-state index in [4.69, 9.17) is 28.9 Å². The molecule has 176 valence electrons. The molecule has 2 aromatic heterocycles. The number of aromatic nitrogens is 3. The van der Waals surface area contributed by atoms with Gasteiger partial charge in [-0.05, 0) is 44.2 Å². The number of ketones is 1. The van der Waals surface area contributed by atoms with Crippen molar-refractivity contribution in [3.63, 3.8) is 0 Å². The summed E-state index contributed by atoms with van der Waals surface area (Å²) in [7, 11) is -4.17. The summed E-state index contributed by atoms with van der Waals surface area (Å²) in [6.45, 7) is 3.85. The van der Waals surface area contributed by atoms with E-state index in [1.54, 1.807) is 10.8 Å². The summed E-state index contributed by atoms with van der Waals surface area (Å²) in [4.78, 5) is 21.5. The number of nitrogens with two attached hydrogens (primary N) is 1. The van der Waals surface area contributed by atoms with E-state index in [1.807, 2.05) is 13.8 Å². The molecule has 0 saturated carbocycles. The van der Waals surface area contributed by atoms with E-state index in [9.17, 15) is 17.6 Å². The smallest absolute Gasteiger partial charge is 0.261 e. The second-order valence-corrected chi connectivity index (χ2v) is 10.1. The predicted molar refractivity (Wildman–Crippen MR) is 129 cm³/mol. The van der Waals surface area contributed by atoms with E-state index in [1.165, 1.54) is 24.5 Å². The largest absolute Gasteiger partial charge is 0.383 e. The summed E-state index contributed by atoms with van der Waals surface area (Å²) >= 11 is 12.2. The molecule has 3 N–H and O–H groups in total. The summed E-state index contributed by atoms with van der Waals surface area (Å²) in [6.07, 6.45) is 2.94. The zero-order valence-corrected chi connectivity index (χ0v) is 20.2. The number of benzene rings is 2. The van der Waals surface area contributed by atoms with Crippen LogP contribution in [0.15, 0.2) is 53.8 Å². The Balaban J connectivity index is 1.77. The molecule has 12 heteroatoms. The average Bonchev–Trinajstić information content (AvgIpc) is 3.18. The lowest BCUT2D eigenvalue weighted by atomic mass is 10.0. The molecule has 0 radical (unpaired) electrons. The molecule has 2 aromatic carbocycles. The van der Waals surface area contributed by atoms with Crippen molar-refractivity contribution in [3.8, 4) is 0 Å². The molecule has 0 unspecified atom stereocenters. The first-order chi connectivity index (χ1) is 16.0. The molecule has 0 amide bonds. The fraction of sp³-hybridized carbons (Fsp3) is 0.136. The number of nitrogens with one attached hydrogen (secondary N) is 1. The highest BCUT2D eigenvalue weighted by atomic mass is 35.5. The van der Waals surface area contributed by atoms with Gasteiger partial charge in [-0.3, -0.25) is 9.52 Å². The summed E-state index contributed by atoms with van der Waals surface area (Å²) in [5.74, 6) is -1.11. The van der Waals surface area contributed by atoms with Crippen molar-refractivity contribution >= 4 is 61.5 Å². The van der Waals surface area contributed by atoms with E-state index in [0.717, 1.165) is 18.2 Å². The number of rotatable bonds is 6. The van der Waals surface area contributed by atoms with Gasteiger partial charge < -0.3 is 10.3 Å². The Hall–Kier alpha value is -3.21. The minimum absolute atomic E-state index is 0.0190. The van der Waals surface area contributed by atoms with Gasteiger partial charge in [-0.1, -0.05) is 29.3 Å². The highest BCUT2D eigenvalue weighted by Crippen LogP contribution is 2.33. The molecule has 4 aromatic rings. The first-order valence-electron chi connectivity index (χ1n) is 9.93. The van der Waals surface area contributed by atoms with Gasteiger partial charge >= 0.3 is 0 Å². The highest BCUT2D eigenvalue weighted by molar-refractivity contribution is 7.92. The Labute approximate surface area is 204 Å². The molecule has 0 aliphatic carbocycles. The molecule has 0 aliphatic rings. The molecule has 34 heavy (non-hydrogen) atoms. The maximum atomic E-state index is 13.5. The van der Waals surface area contributed by atoms with Gasteiger partial charge in [0.1, 0.15) is 23.6 Å². The Morgan fingerprint density at radius 3 is 2.56 bits per heavy atom. The normalized spacial score (nSPS) is 11.8. The second kappa shape index (κ2) is 8.86. The van der Waals surface area contributed by atoms with Crippen LogP contribution in [0.4, 0.5) is 15.9 Å². The second-order valence-electron chi connectivity index (χ2n) is 7.68. The third-order valence-electron chi connectivity index (χ3n) is 5.13. The van der Waals surface area contributed by atoms with Gasteiger partial charge in [0, 0.05) is 17.8 Å². The van der Waals surface area contributed by atoms with Crippen LogP contribution in [0.25, 0.3) is 11.0 Å². The van der Waals surface area contributed by atoms with Gasteiger partial charge in [0.2, 0.25) is 0 Å². The van der Waals surface area contributed by atoms with E-state index in [0.29, 0.717) is 11.0 Å². The van der Waals surface area contributed by atoms with E-state index < -0.39 is 21.6 Å². The Kier molecular flexibility index (Phi) is 6.24. The molecule has 0 fully saturated rings. The average molecular weight is 522 g/mol. The molecule has 0 aliphatic heterocycles. The molecule has 0 atom stereocenters. The Bertz CT molecular complexity index is 1550. The van der Waals surface area contributed by atoms with Crippen molar-refractivity contribution < 1.29 is 17.6 Å². The maximum Gasteiger partial charge on any atom is 0.261 e. The number of hydrogen-bond donors (Lipinski definition) is 2. The lowest BCUT2D eigenvalue weighted by Gasteiger charge is -2.12. The van der Waals surface area contributed by atoms with Crippen molar-refractivity contribution in [1.82, 2.24) is 14.5 Å². The van der Waals surface area contributed by atoms with Crippen molar-refractivity contribution in [1.29, 1.82) is 0 Å². The van der Waals surface area contributed by atoms with Crippen LogP contribution >= 0.6 is 23.2 Å². The minimum atomic E-state index is -4.17. The molecule has 8 nitrogen and oxygen atoms in total. The Morgan fingerprint density at radius 2 is 1.88 bits per heavy atom. The van der Waals surface area contributed by atoms with E-state index >= 15 is 0 Å². The van der Waals surface area contributed by atoms with E-state index in [2.05, 4.69) is 14.7 Å². The van der Waals surface area contributed by atoms with Crippen LogP contribution in [-0.4, -0.2) is 28.7 Å². The number of hydrogen-bond acceptors (Lipinski definition) is 6. The number of fused-ring (bicyclic) bond motifs is 1. The number of anilines is 2. The highest BCUT2D eigenvalue weighted by Gasteiger charge is 2.25. The van der Waals surface area contributed by atoms with Crippen LogP contribution in [-0.2, 0) is 10.0 Å². The predicted octanol–water partition coefficient (Wildman–Crippen LogP) is 5.07. The van der Waals surface area contributed by atoms with Crippen molar-refractivity contribution in [3.05, 3.63) is 75.9 Å². The first-order valence-corrected chi connectivity index (χ1v) is 12.2. The number of carbonyl (C=O) groups is 1. The quantitative estimate of drug-likeness (QED) is 0.341. The van der Waals surface area contributed by atoms with Crippen LogP contribution < -0.4 is 10.5 Å². The number of nitrogens with zero attached hydrogens (tertiary/aromatic N) is 3. The van der Waals surface area contributed by atoms with Crippen molar-refractivity contribution in [2.75, 3.05) is 10.5 Å². The van der Waals surface area contributed by atoms with Crippen LogP contribution in [0.5, 0.6) is 0 Å². The minimum Gasteiger partial charge on any atom is -0.383 e. The third-order valence-corrected chi connectivity index (χ3v) is 7.19. The standard InChI is InChI=1S/C22H18Cl2FN5O3S/c1-11(2)30-9-14(18-21(26)27-10-28-22(18)30)20(31)13-4-3-5-17(19(13)24)29-34(32,33)12-6-7-16(25)15(23)8-12/h3-11,29H,1-2H3,(H2,26,27,28). The van der Waals surface area contributed by atoms with Gasteiger partial charge in [-0.2, -0.15) is 0 Å². The van der Waals surface area contributed by atoms with Gasteiger partial charge in [-0.25, -0.2) is 22.8 Å². The van der Waals surface area contributed by atoms with E-state index in [-0.39, 0.29) is 43.6 Å². The topological polar surface area (TPSA) is 120 Å². The van der Waals surface area contributed by atoms with Crippen LogP contribution in [0.2, 0.25) is 10.0 Å². The molecular formula is C22H18Cl2FN5O3S. The summed E-state index contributed by atoms with van der Waals surface area (Å²) in [6, 6.07) is 7.31. The van der Waals surface area contributed by atoms with Crippen LogP contribution in [0, 0.1) is 5.82 Å². The monoisotopic (exact) mass is 521 g/mol. The fourth-order valence-corrected chi connectivity index (χ4v) is 5.11. The summed E-state index contributed by atoms with van der Waals surface area (Å²) in [5.41, 5.74) is 6.78. The number of nitrogen functional groups attached to an aromatic ring is 1. The van der Waals surface area contributed by atoms with Crippen molar-refractivity contribution in [2.24, 2.45) is 0 Å². The zero-order chi connectivity index (χ0) is 24.8. The van der Waals surface area contributed by atoms with Gasteiger partial charge in [0.15, 0.2) is 5.78 Å². The van der Waals surface area contributed by atoms with Crippen molar-refractivity contribution in [2.45, 2.75) is 24.8 Å². The van der Waals surface area contributed by atoms with Gasteiger partial charge in [0.05, 0.1) is 31.6 Å². The maximum absolute atomic E-state index is 13.5. The van der Waals surface area contributed by atoms with Crippen LogP contribution in [0.3, 0.4) is 0 Å². The molecular weight excluding hydrogens is 504 g/mol. The SMILES string of the molecule is CC(C)n1cc(C(=O)c2cccc(NS(=O)(=O)c3ccc(F)c(Cl)c3)c2Cl)c2c(N)ncnc21. The third kappa shape index (κ3) is 4.20. The Morgan fingerprint density at radius 1 is 1.15 bits per heavy atom. The summed E-state index contributed by atoms with van der Waals surface area (Å²) in [5, 5.41) is -0.0893. The van der Waals surface area contributed by atoms with Gasteiger partial charge in [-0.15, -0.1) is 0 Å². The molecule has 0 bridgehead atoms. The zero-order valence-electron chi connectivity index (χ0n) is 17.9. The molecule has 0 spiro atoms. The molecule has 4 rings (SSSR count). The number of halogens is 3. The fourth-order valence-electron chi connectivity index (χ4n) is 3.45. The number of sulfonamides is 1. The lowest BCUT2D eigenvalue weighted by Crippen LogP contribution is -2.14. The summed E-state index contributed by atoms with van der Waals surface area (Å²) < 4.78 is 43.1. The molecule has 2 heterocycles.